The first-order valence-electron chi connectivity index (χ1n) is 11.1. The first kappa shape index (κ1) is 23.8. The lowest BCUT2D eigenvalue weighted by molar-refractivity contribution is 0.101. The molecule has 0 radical (unpaired) electrons. The fourth-order valence-electron chi connectivity index (χ4n) is 3.57. The van der Waals surface area contributed by atoms with Crippen LogP contribution in [0.25, 0.3) is 5.69 Å². The van der Waals surface area contributed by atoms with Gasteiger partial charge in [-0.3, -0.25) is 9.59 Å². The lowest BCUT2D eigenvalue weighted by atomic mass is 9.87. The molecule has 1 heterocycles. The van der Waals surface area contributed by atoms with E-state index in [1.165, 1.54) is 16.8 Å². The number of hydrogen-bond acceptors (Lipinski definition) is 4. The molecular weight excluding hydrogens is 445 g/mol. The van der Waals surface area contributed by atoms with E-state index in [1.54, 1.807) is 55.5 Å². The molecule has 1 aromatic heterocycles. The molecule has 0 aliphatic heterocycles. The molecule has 3 aromatic carbocycles. The molecule has 0 fully saturated rings. The Labute approximate surface area is 203 Å². The molecule has 7 nitrogen and oxygen atoms in total. The van der Waals surface area contributed by atoms with E-state index in [-0.39, 0.29) is 22.8 Å². The number of carbonyl (C=O) groups is 2. The van der Waals surface area contributed by atoms with Crippen molar-refractivity contribution < 1.29 is 14.0 Å². The molecular formula is C27H26FN5O2. The Morgan fingerprint density at radius 3 is 1.97 bits per heavy atom. The van der Waals surface area contributed by atoms with Gasteiger partial charge in [-0.15, -0.1) is 5.10 Å². The Hall–Kier alpha value is -4.33. The summed E-state index contributed by atoms with van der Waals surface area (Å²) in [6, 6.07) is 20.1. The van der Waals surface area contributed by atoms with E-state index in [9.17, 15) is 14.0 Å². The number of para-hydroxylation sites is 2. The second-order valence-corrected chi connectivity index (χ2v) is 9.19. The van der Waals surface area contributed by atoms with Gasteiger partial charge in [0.1, 0.15) is 5.82 Å². The van der Waals surface area contributed by atoms with E-state index < -0.39 is 5.91 Å². The predicted octanol–water partition coefficient (Wildman–Crippen LogP) is 5.52. The number of nitrogens with zero attached hydrogens (tertiary/aromatic N) is 3. The van der Waals surface area contributed by atoms with Crippen molar-refractivity contribution >= 4 is 23.2 Å². The number of benzene rings is 3. The number of rotatable bonds is 5. The second-order valence-electron chi connectivity index (χ2n) is 9.19. The zero-order chi connectivity index (χ0) is 25.2. The van der Waals surface area contributed by atoms with Gasteiger partial charge in [0.25, 0.3) is 11.8 Å². The molecule has 0 saturated carbocycles. The Bertz CT molecular complexity index is 1370. The van der Waals surface area contributed by atoms with Crippen molar-refractivity contribution in [2.45, 2.75) is 33.1 Å². The van der Waals surface area contributed by atoms with Crippen LogP contribution in [0.2, 0.25) is 0 Å². The number of halogens is 1. The number of carbonyl (C=O) groups excluding carboxylic acids is 2. The molecule has 0 aliphatic rings. The minimum Gasteiger partial charge on any atom is -0.320 e. The fourth-order valence-corrected chi connectivity index (χ4v) is 3.57. The van der Waals surface area contributed by atoms with Crippen LogP contribution in [0.1, 0.15) is 52.9 Å². The minimum absolute atomic E-state index is 0.0113. The average molecular weight is 472 g/mol. The molecule has 2 N–H and O–H groups in total. The van der Waals surface area contributed by atoms with Crippen LogP contribution < -0.4 is 10.6 Å². The highest BCUT2D eigenvalue weighted by molar-refractivity contribution is 6.09. The number of anilines is 2. The van der Waals surface area contributed by atoms with Crippen LogP contribution in [-0.4, -0.2) is 26.8 Å². The van der Waals surface area contributed by atoms with Gasteiger partial charge in [-0.1, -0.05) is 50.3 Å². The van der Waals surface area contributed by atoms with Gasteiger partial charge < -0.3 is 10.6 Å². The summed E-state index contributed by atoms with van der Waals surface area (Å²) < 4.78 is 14.7. The van der Waals surface area contributed by atoms with Crippen LogP contribution in [-0.2, 0) is 5.41 Å². The van der Waals surface area contributed by atoms with Gasteiger partial charge >= 0.3 is 0 Å². The van der Waals surface area contributed by atoms with Crippen molar-refractivity contribution in [3.05, 3.63) is 101 Å². The lowest BCUT2D eigenvalue weighted by Crippen LogP contribution is -2.18. The molecule has 0 saturated heterocycles. The zero-order valence-corrected chi connectivity index (χ0v) is 20.0. The van der Waals surface area contributed by atoms with Gasteiger partial charge in [-0.2, -0.15) is 0 Å². The van der Waals surface area contributed by atoms with Crippen LogP contribution in [0.5, 0.6) is 0 Å². The molecule has 35 heavy (non-hydrogen) atoms. The van der Waals surface area contributed by atoms with Crippen LogP contribution in [0, 0.1) is 12.7 Å². The standard InChI is InChI=1S/C27H26FN5O2/c1-17-24(31-32-33(17)21-15-13-20(28)14-16-21)26(35)30-23-8-6-5-7-22(23)29-25(34)18-9-11-19(12-10-18)27(2,3)4/h5-16H,1-4H3,(H,29,34)(H,30,35). The maximum absolute atomic E-state index is 13.2. The Balaban J connectivity index is 1.51. The third-order valence-corrected chi connectivity index (χ3v) is 5.62. The first-order chi connectivity index (χ1) is 16.6. The average Bonchev–Trinajstić information content (AvgIpc) is 3.21. The van der Waals surface area contributed by atoms with Crippen molar-refractivity contribution in [1.29, 1.82) is 0 Å². The molecule has 0 atom stereocenters. The van der Waals surface area contributed by atoms with Gasteiger partial charge in [0.05, 0.1) is 22.8 Å². The fraction of sp³-hybridized carbons (Fsp3) is 0.185. The van der Waals surface area contributed by atoms with E-state index in [4.69, 9.17) is 0 Å². The number of hydrogen-bond donors (Lipinski definition) is 2. The molecule has 2 amide bonds. The lowest BCUT2D eigenvalue weighted by Gasteiger charge is -2.19. The smallest absolute Gasteiger partial charge is 0.278 e. The first-order valence-corrected chi connectivity index (χ1v) is 11.1. The Kier molecular flexibility index (Phi) is 6.46. The molecule has 0 bridgehead atoms. The van der Waals surface area contributed by atoms with E-state index in [1.807, 2.05) is 12.1 Å². The van der Waals surface area contributed by atoms with Crippen molar-refractivity contribution in [3.63, 3.8) is 0 Å². The number of nitrogens with one attached hydrogen (secondary N) is 2. The molecule has 178 valence electrons. The van der Waals surface area contributed by atoms with Gasteiger partial charge in [-0.05, 0) is 66.4 Å². The molecule has 0 unspecified atom stereocenters. The summed E-state index contributed by atoms with van der Waals surface area (Å²) in [7, 11) is 0. The highest BCUT2D eigenvalue weighted by Crippen LogP contribution is 2.25. The molecule has 8 heteroatoms. The van der Waals surface area contributed by atoms with Crippen molar-refractivity contribution in [2.75, 3.05) is 10.6 Å². The second kappa shape index (κ2) is 9.50. The predicted molar refractivity (Wildman–Crippen MR) is 134 cm³/mol. The summed E-state index contributed by atoms with van der Waals surface area (Å²) in [6.07, 6.45) is 0. The third kappa shape index (κ3) is 5.27. The highest BCUT2D eigenvalue weighted by Gasteiger charge is 2.20. The monoisotopic (exact) mass is 471 g/mol. The van der Waals surface area contributed by atoms with Crippen molar-refractivity contribution in [1.82, 2.24) is 15.0 Å². The van der Waals surface area contributed by atoms with Gasteiger partial charge in [-0.25, -0.2) is 9.07 Å². The quantitative estimate of drug-likeness (QED) is 0.401. The number of amides is 2. The normalized spacial score (nSPS) is 11.2. The molecule has 0 spiro atoms. The largest absolute Gasteiger partial charge is 0.320 e. The van der Waals surface area contributed by atoms with Crippen LogP contribution in [0.15, 0.2) is 72.8 Å². The van der Waals surface area contributed by atoms with Gasteiger partial charge in [0.15, 0.2) is 5.69 Å². The van der Waals surface area contributed by atoms with E-state index in [2.05, 4.69) is 41.7 Å². The van der Waals surface area contributed by atoms with E-state index >= 15 is 0 Å². The summed E-state index contributed by atoms with van der Waals surface area (Å²) >= 11 is 0. The summed E-state index contributed by atoms with van der Waals surface area (Å²) in [4.78, 5) is 25.8. The highest BCUT2D eigenvalue weighted by atomic mass is 19.1. The maximum Gasteiger partial charge on any atom is 0.278 e. The topological polar surface area (TPSA) is 88.9 Å². The molecule has 4 rings (SSSR count). The SMILES string of the molecule is Cc1c(C(=O)Nc2ccccc2NC(=O)c2ccc(C(C)(C)C)cc2)nnn1-c1ccc(F)cc1. The van der Waals surface area contributed by atoms with E-state index in [0.717, 1.165) is 5.56 Å². The van der Waals surface area contributed by atoms with Crippen LogP contribution >= 0.6 is 0 Å². The summed E-state index contributed by atoms with van der Waals surface area (Å²) in [6.45, 7) is 8.04. The zero-order valence-electron chi connectivity index (χ0n) is 20.0. The van der Waals surface area contributed by atoms with Gasteiger partial charge in [0, 0.05) is 5.56 Å². The maximum atomic E-state index is 13.2. The molecule has 4 aromatic rings. The summed E-state index contributed by atoms with van der Waals surface area (Å²) in [5, 5.41) is 13.7. The summed E-state index contributed by atoms with van der Waals surface area (Å²) in [5.74, 6) is -1.13. The van der Waals surface area contributed by atoms with Gasteiger partial charge in [0.2, 0.25) is 0 Å². The van der Waals surface area contributed by atoms with E-state index in [0.29, 0.717) is 28.3 Å². The Morgan fingerprint density at radius 1 is 0.829 bits per heavy atom. The van der Waals surface area contributed by atoms with Crippen LogP contribution in [0.4, 0.5) is 15.8 Å². The summed E-state index contributed by atoms with van der Waals surface area (Å²) in [5.41, 5.74) is 3.70. The molecule has 0 aliphatic carbocycles. The van der Waals surface area contributed by atoms with Crippen molar-refractivity contribution in [3.8, 4) is 5.69 Å². The Morgan fingerprint density at radius 2 is 1.40 bits per heavy atom. The van der Waals surface area contributed by atoms with Crippen LogP contribution in [0.3, 0.4) is 0 Å². The third-order valence-electron chi connectivity index (χ3n) is 5.62. The number of aromatic nitrogens is 3. The minimum atomic E-state index is -0.480. The van der Waals surface area contributed by atoms with Crippen molar-refractivity contribution in [2.24, 2.45) is 0 Å².